The van der Waals surface area contributed by atoms with E-state index in [2.05, 4.69) is 25.3 Å². The molecular formula is C6H18OS2Si2. The van der Waals surface area contributed by atoms with Crippen molar-refractivity contribution in [1.82, 2.24) is 0 Å². The van der Waals surface area contributed by atoms with Gasteiger partial charge in [-0.25, -0.2) is 0 Å². The van der Waals surface area contributed by atoms with Crippen molar-refractivity contribution < 1.29 is 4.12 Å². The molecule has 0 aromatic rings. The molecule has 5 heteroatoms. The first-order valence-corrected chi connectivity index (χ1v) is 8.63. The van der Waals surface area contributed by atoms with Gasteiger partial charge in [-0.1, -0.05) is 0 Å². The standard InChI is InChI=1S/C6H18OS2Si2/c8-3-1-5-10-7-11-6-2-4-9/h8-9H,1-6,10-11H2. The van der Waals surface area contributed by atoms with Crippen molar-refractivity contribution in [3.63, 3.8) is 0 Å². The topological polar surface area (TPSA) is 9.23 Å². The van der Waals surface area contributed by atoms with E-state index >= 15 is 0 Å². The van der Waals surface area contributed by atoms with Crippen molar-refractivity contribution in [3.05, 3.63) is 0 Å². The van der Waals surface area contributed by atoms with Gasteiger partial charge in [0, 0.05) is 0 Å². The fraction of sp³-hybridized carbons (Fsp3) is 1.00. The summed E-state index contributed by atoms with van der Waals surface area (Å²) in [5, 5.41) is 0. The van der Waals surface area contributed by atoms with Gasteiger partial charge in [0.25, 0.3) is 0 Å². The first-order chi connectivity index (χ1) is 5.41. The molecule has 0 atom stereocenters. The van der Waals surface area contributed by atoms with Crippen molar-refractivity contribution in [3.8, 4) is 0 Å². The molecule has 0 saturated carbocycles. The smallest absolute Gasteiger partial charge is 0.146 e. The van der Waals surface area contributed by atoms with Crippen molar-refractivity contribution in [2.45, 2.75) is 24.9 Å². The maximum Gasteiger partial charge on any atom is 0.146 e. The van der Waals surface area contributed by atoms with Gasteiger partial charge in [0.15, 0.2) is 0 Å². The minimum atomic E-state index is -0.140. The normalized spacial score (nSPS) is 12.5. The van der Waals surface area contributed by atoms with Crippen LogP contribution in [0.2, 0.25) is 12.1 Å². The van der Waals surface area contributed by atoms with Gasteiger partial charge in [0.1, 0.15) is 19.5 Å². The van der Waals surface area contributed by atoms with Gasteiger partial charge >= 0.3 is 0 Å². The Hall–Kier alpha value is 1.09. The molecule has 0 rings (SSSR count). The van der Waals surface area contributed by atoms with Crippen LogP contribution in [0.25, 0.3) is 0 Å². The number of thiol groups is 2. The summed E-state index contributed by atoms with van der Waals surface area (Å²) in [6, 6.07) is 2.63. The third-order valence-corrected chi connectivity index (χ3v) is 5.91. The Bertz CT molecular complexity index is 67.6. The summed E-state index contributed by atoms with van der Waals surface area (Å²) in [5.41, 5.74) is 0. The van der Waals surface area contributed by atoms with Crippen LogP contribution in [0, 0.1) is 0 Å². The van der Waals surface area contributed by atoms with E-state index in [4.69, 9.17) is 4.12 Å². The van der Waals surface area contributed by atoms with Gasteiger partial charge in [-0.2, -0.15) is 25.3 Å². The lowest BCUT2D eigenvalue weighted by Crippen LogP contribution is -2.03. The molecule has 0 radical (unpaired) electrons. The van der Waals surface area contributed by atoms with E-state index in [0.29, 0.717) is 0 Å². The van der Waals surface area contributed by atoms with Gasteiger partial charge in [0.2, 0.25) is 0 Å². The van der Waals surface area contributed by atoms with Gasteiger partial charge in [-0.3, -0.25) is 0 Å². The molecule has 0 amide bonds. The Balaban J connectivity index is 2.69. The highest BCUT2D eigenvalue weighted by Gasteiger charge is 1.90. The Morgan fingerprint density at radius 1 is 0.909 bits per heavy atom. The van der Waals surface area contributed by atoms with E-state index in [1.807, 2.05) is 0 Å². The summed E-state index contributed by atoms with van der Waals surface area (Å²) in [5.74, 6) is 2.04. The molecule has 0 fully saturated rings. The second-order valence-electron chi connectivity index (χ2n) is 2.47. The van der Waals surface area contributed by atoms with Gasteiger partial charge in [-0.15, -0.1) is 0 Å². The molecule has 0 heterocycles. The van der Waals surface area contributed by atoms with Crippen LogP contribution in [0.4, 0.5) is 0 Å². The average molecular weight is 227 g/mol. The number of rotatable bonds is 8. The predicted octanol–water partition coefficient (Wildman–Crippen LogP) is 0.647. The zero-order valence-corrected chi connectivity index (χ0v) is 11.6. The van der Waals surface area contributed by atoms with Crippen LogP contribution < -0.4 is 0 Å². The Labute approximate surface area is 85.4 Å². The van der Waals surface area contributed by atoms with Crippen molar-refractivity contribution in [1.29, 1.82) is 0 Å². The molecule has 0 N–H and O–H groups in total. The third kappa shape index (κ3) is 11.1. The summed E-state index contributed by atoms with van der Waals surface area (Å²) in [6.45, 7) is 0. The molecule has 0 aromatic carbocycles. The summed E-state index contributed by atoms with van der Waals surface area (Å²) in [7, 11) is -0.280. The van der Waals surface area contributed by atoms with Crippen molar-refractivity contribution in [2.75, 3.05) is 11.5 Å². The Morgan fingerprint density at radius 2 is 1.36 bits per heavy atom. The van der Waals surface area contributed by atoms with E-state index in [9.17, 15) is 0 Å². The zero-order chi connectivity index (χ0) is 8.36. The average Bonchev–Trinajstić information content (AvgIpc) is 2.03. The SMILES string of the molecule is SCCC[SiH2]O[SiH2]CCCS. The van der Waals surface area contributed by atoms with Crippen LogP contribution in [-0.2, 0) is 4.12 Å². The van der Waals surface area contributed by atoms with Crippen LogP contribution in [0.5, 0.6) is 0 Å². The van der Waals surface area contributed by atoms with Gasteiger partial charge in [0.05, 0.1) is 0 Å². The minimum Gasteiger partial charge on any atom is -0.465 e. The minimum absolute atomic E-state index is 0.140. The molecule has 1 nitrogen and oxygen atoms in total. The maximum absolute atomic E-state index is 5.65. The lowest BCUT2D eigenvalue weighted by Gasteiger charge is -2.00. The second kappa shape index (κ2) is 11.1. The molecule has 11 heavy (non-hydrogen) atoms. The van der Waals surface area contributed by atoms with Crippen LogP contribution >= 0.6 is 25.3 Å². The van der Waals surface area contributed by atoms with Gasteiger partial charge < -0.3 is 4.12 Å². The Kier molecular flexibility index (Phi) is 12.2. The summed E-state index contributed by atoms with van der Waals surface area (Å²) in [6.07, 6.45) is 2.49. The Morgan fingerprint density at radius 3 is 1.73 bits per heavy atom. The van der Waals surface area contributed by atoms with Crippen LogP contribution in [0.1, 0.15) is 12.8 Å². The first-order valence-electron chi connectivity index (χ1n) is 4.21. The van der Waals surface area contributed by atoms with E-state index < -0.39 is 0 Å². The molecule has 68 valence electrons. The van der Waals surface area contributed by atoms with Crippen molar-refractivity contribution in [2.24, 2.45) is 0 Å². The maximum atomic E-state index is 5.65. The lowest BCUT2D eigenvalue weighted by molar-refractivity contribution is 0.629. The van der Waals surface area contributed by atoms with Crippen LogP contribution in [0.15, 0.2) is 0 Å². The molecular weight excluding hydrogens is 208 g/mol. The predicted molar refractivity (Wildman–Crippen MR) is 64.7 cm³/mol. The molecule has 0 aliphatic rings. The van der Waals surface area contributed by atoms with E-state index in [0.717, 1.165) is 11.5 Å². The molecule has 0 saturated heterocycles. The van der Waals surface area contributed by atoms with Crippen molar-refractivity contribution >= 4 is 44.8 Å². The lowest BCUT2D eigenvalue weighted by atomic mass is 10.6. The largest absolute Gasteiger partial charge is 0.465 e. The summed E-state index contributed by atoms with van der Waals surface area (Å²) < 4.78 is 5.65. The van der Waals surface area contributed by atoms with Crippen LogP contribution in [-0.4, -0.2) is 31.0 Å². The highest BCUT2D eigenvalue weighted by atomic mass is 32.1. The third-order valence-electron chi connectivity index (χ3n) is 1.39. The fourth-order valence-electron chi connectivity index (χ4n) is 0.734. The molecule has 0 aromatic heterocycles. The highest BCUT2D eigenvalue weighted by Crippen LogP contribution is 1.94. The number of hydrogen-bond donors (Lipinski definition) is 2. The van der Waals surface area contributed by atoms with E-state index in [1.54, 1.807) is 0 Å². The number of hydrogen-bond acceptors (Lipinski definition) is 3. The fourth-order valence-corrected chi connectivity index (χ4v) is 5.38. The second-order valence-corrected chi connectivity index (χ2v) is 7.23. The quantitative estimate of drug-likeness (QED) is 0.351. The molecule has 0 spiro atoms. The van der Waals surface area contributed by atoms with Gasteiger partial charge in [-0.05, 0) is 36.4 Å². The van der Waals surface area contributed by atoms with E-state index in [-0.39, 0.29) is 19.5 Å². The highest BCUT2D eigenvalue weighted by molar-refractivity contribution is 7.80. The zero-order valence-electron chi connectivity index (χ0n) is 6.96. The molecule has 0 unspecified atom stereocenters. The summed E-state index contributed by atoms with van der Waals surface area (Å²) in [4.78, 5) is 0. The molecule has 0 aliphatic carbocycles. The summed E-state index contributed by atoms with van der Waals surface area (Å²) >= 11 is 8.29. The molecule has 0 aliphatic heterocycles. The van der Waals surface area contributed by atoms with E-state index in [1.165, 1.54) is 24.9 Å². The van der Waals surface area contributed by atoms with Crippen LogP contribution in [0.3, 0.4) is 0 Å². The molecule has 0 bridgehead atoms. The monoisotopic (exact) mass is 226 g/mol. The first kappa shape index (κ1) is 12.1.